The third kappa shape index (κ3) is 3.51. The van der Waals surface area contributed by atoms with Gasteiger partial charge in [-0.05, 0) is 13.3 Å². The van der Waals surface area contributed by atoms with E-state index >= 15 is 0 Å². The summed E-state index contributed by atoms with van der Waals surface area (Å²) in [5.41, 5.74) is 5.67. The lowest BCUT2D eigenvalue weighted by molar-refractivity contribution is -0.139. The van der Waals surface area contributed by atoms with Crippen LogP contribution < -0.4 is 5.73 Å². The van der Waals surface area contributed by atoms with Gasteiger partial charge in [0.15, 0.2) is 0 Å². The second kappa shape index (κ2) is 6.26. The fourth-order valence-electron chi connectivity index (χ4n) is 1.93. The number of morpholine rings is 1. The van der Waals surface area contributed by atoms with Gasteiger partial charge in [0.2, 0.25) is 5.91 Å². The van der Waals surface area contributed by atoms with Crippen LogP contribution in [0.25, 0.3) is 0 Å². The number of amides is 1. The first-order valence-corrected chi connectivity index (χ1v) is 7.09. The van der Waals surface area contributed by atoms with Crippen molar-refractivity contribution in [2.75, 3.05) is 19.7 Å². The summed E-state index contributed by atoms with van der Waals surface area (Å²) in [5, 5.41) is 2.87. The number of nitrogens with two attached hydrogens (primary N) is 1. The standard InChI is InChI=1S/C12H19N3O2S/c1-9(13)2-3-11(16)15-5-6-17-10(8-15)12-14-4-7-18-12/h4,7,9-10H,2-3,5-6,8,13H2,1H3. The lowest BCUT2D eigenvalue weighted by Crippen LogP contribution is -2.42. The summed E-state index contributed by atoms with van der Waals surface area (Å²) in [6.45, 7) is 3.77. The summed E-state index contributed by atoms with van der Waals surface area (Å²) >= 11 is 1.57. The number of hydrogen-bond acceptors (Lipinski definition) is 5. The molecule has 0 aromatic carbocycles. The maximum atomic E-state index is 12.0. The molecule has 1 aromatic rings. The molecule has 0 spiro atoms. The molecule has 0 aliphatic carbocycles. The Bertz CT molecular complexity index is 381. The molecule has 1 aromatic heterocycles. The summed E-state index contributed by atoms with van der Waals surface area (Å²) in [5.74, 6) is 0.164. The van der Waals surface area contributed by atoms with Crippen molar-refractivity contribution in [3.05, 3.63) is 16.6 Å². The Kier molecular flexibility index (Phi) is 4.68. The van der Waals surface area contributed by atoms with Crippen LogP contribution in [0.15, 0.2) is 11.6 Å². The van der Waals surface area contributed by atoms with Gasteiger partial charge in [-0.3, -0.25) is 4.79 Å². The maximum Gasteiger partial charge on any atom is 0.222 e. The van der Waals surface area contributed by atoms with E-state index in [0.717, 1.165) is 11.4 Å². The predicted octanol–water partition coefficient (Wildman–Crippen LogP) is 1.17. The van der Waals surface area contributed by atoms with Crippen LogP contribution >= 0.6 is 11.3 Å². The molecule has 1 aliphatic heterocycles. The summed E-state index contributed by atoms with van der Waals surface area (Å²) in [6.07, 6.45) is 2.94. The van der Waals surface area contributed by atoms with Crippen LogP contribution in [-0.2, 0) is 9.53 Å². The number of ether oxygens (including phenoxy) is 1. The van der Waals surface area contributed by atoms with Crippen LogP contribution in [0.5, 0.6) is 0 Å². The summed E-state index contributed by atoms with van der Waals surface area (Å²) in [7, 11) is 0. The number of carbonyl (C=O) groups excluding carboxylic acids is 1. The monoisotopic (exact) mass is 269 g/mol. The fourth-order valence-corrected chi connectivity index (χ4v) is 2.61. The van der Waals surface area contributed by atoms with Crippen LogP contribution in [-0.4, -0.2) is 41.5 Å². The highest BCUT2D eigenvalue weighted by Gasteiger charge is 2.26. The molecule has 2 atom stereocenters. The van der Waals surface area contributed by atoms with Crippen molar-refractivity contribution in [3.8, 4) is 0 Å². The van der Waals surface area contributed by atoms with E-state index in [1.807, 2.05) is 17.2 Å². The molecule has 2 unspecified atom stereocenters. The van der Waals surface area contributed by atoms with Gasteiger partial charge in [0.1, 0.15) is 11.1 Å². The Hall–Kier alpha value is -0.980. The highest BCUT2D eigenvalue weighted by molar-refractivity contribution is 7.09. The van der Waals surface area contributed by atoms with Gasteiger partial charge in [-0.25, -0.2) is 4.98 Å². The van der Waals surface area contributed by atoms with Gasteiger partial charge in [0.25, 0.3) is 0 Å². The van der Waals surface area contributed by atoms with Crippen molar-refractivity contribution < 1.29 is 9.53 Å². The average molecular weight is 269 g/mol. The number of carbonyl (C=O) groups is 1. The van der Waals surface area contributed by atoms with Gasteiger partial charge in [0, 0.05) is 30.6 Å². The van der Waals surface area contributed by atoms with E-state index in [1.165, 1.54) is 0 Å². The normalized spacial score (nSPS) is 21.9. The summed E-state index contributed by atoms with van der Waals surface area (Å²) in [6, 6.07) is 0.0738. The molecule has 1 aliphatic rings. The minimum atomic E-state index is -0.0713. The van der Waals surface area contributed by atoms with Gasteiger partial charge in [-0.2, -0.15) is 0 Å². The van der Waals surface area contributed by atoms with E-state index in [9.17, 15) is 4.79 Å². The molecule has 100 valence electrons. The zero-order chi connectivity index (χ0) is 13.0. The zero-order valence-electron chi connectivity index (χ0n) is 10.5. The van der Waals surface area contributed by atoms with E-state index in [0.29, 0.717) is 26.1 Å². The molecule has 2 N–H and O–H groups in total. The molecule has 1 fully saturated rings. The molecule has 2 heterocycles. The van der Waals surface area contributed by atoms with Crippen molar-refractivity contribution in [1.82, 2.24) is 9.88 Å². The van der Waals surface area contributed by atoms with E-state index in [-0.39, 0.29) is 18.1 Å². The summed E-state index contributed by atoms with van der Waals surface area (Å²) < 4.78 is 5.66. The second-order valence-electron chi connectivity index (χ2n) is 4.59. The van der Waals surface area contributed by atoms with Gasteiger partial charge in [-0.1, -0.05) is 0 Å². The van der Waals surface area contributed by atoms with E-state index in [1.54, 1.807) is 17.5 Å². The Morgan fingerprint density at radius 3 is 3.28 bits per heavy atom. The molecule has 5 nitrogen and oxygen atoms in total. The molecule has 2 rings (SSSR count). The van der Waals surface area contributed by atoms with Crippen LogP contribution in [0.2, 0.25) is 0 Å². The number of nitrogens with zero attached hydrogens (tertiary/aromatic N) is 2. The topological polar surface area (TPSA) is 68.5 Å². The molecule has 6 heteroatoms. The number of thiazole rings is 1. The summed E-state index contributed by atoms with van der Waals surface area (Å²) in [4.78, 5) is 18.1. The molecule has 1 amide bonds. The Morgan fingerprint density at radius 1 is 1.78 bits per heavy atom. The molecule has 0 saturated carbocycles. The van der Waals surface area contributed by atoms with Gasteiger partial charge < -0.3 is 15.4 Å². The second-order valence-corrected chi connectivity index (χ2v) is 5.51. The minimum Gasteiger partial charge on any atom is -0.367 e. The van der Waals surface area contributed by atoms with Crippen LogP contribution in [0, 0.1) is 0 Å². The van der Waals surface area contributed by atoms with Crippen molar-refractivity contribution in [2.45, 2.75) is 31.9 Å². The highest BCUT2D eigenvalue weighted by Crippen LogP contribution is 2.24. The SMILES string of the molecule is CC(N)CCC(=O)N1CCOC(c2nccs2)C1. The van der Waals surface area contributed by atoms with Gasteiger partial charge in [0.05, 0.1) is 13.2 Å². The minimum absolute atomic E-state index is 0.0713. The van der Waals surface area contributed by atoms with E-state index < -0.39 is 0 Å². The zero-order valence-corrected chi connectivity index (χ0v) is 11.4. The first-order chi connectivity index (χ1) is 8.66. The highest BCUT2D eigenvalue weighted by atomic mass is 32.1. The number of hydrogen-bond donors (Lipinski definition) is 1. The first-order valence-electron chi connectivity index (χ1n) is 6.21. The van der Waals surface area contributed by atoms with Crippen LogP contribution in [0.3, 0.4) is 0 Å². The molecular formula is C12H19N3O2S. The first kappa shape index (κ1) is 13.5. The van der Waals surface area contributed by atoms with Crippen LogP contribution in [0.4, 0.5) is 0 Å². The largest absolute Gasteiger partial charge is 0.367 e. The van der Waals surface area contributed by atoms with Crippen molar-refractivity contribution in [3.63, 3.8) is 0 Å². The third-order valence-electron chi connectivity index (χ3n) is 2.96. The fraction of sp³-hybridized carbons (Fsp3) is 0.667. The Labute approximate surface area is 111 Å². The molecule has 0 bridgehead atoms. The average Bonchev–Trinajstić information content (AvgIpc) is 2.90. The van der Waals surface area contributed by atoms with E-state index in [4.69, 9.17) is 10.5 Å². The lowest BCUT2D eigenvalue weighted by Gasteiger charge is -2.32. The number of aromatic nitrogens is 1. The Morgan fingerprint density at radius 2 is 2.61 bits per heavy atom. The molecule has 1 saturated heterocycles. The maximum absolute atomic E-state index is 12.0. The molecule has 0 radical (unpaired) electrons. The Balaban J connectivity index is 1.88. The van der Waals surface area contributed by atoms with Crippen LogP contribution in [0.1, 0.15) is 30.9 Å². The quantitative estimate of drug-likeness (QED) is 0.891. The van der Waals surface area contributed by atoms with Crippen molar-refractivity contribution >= 4 is 17.2 Å². The predicted molar refractivity (Wildman–Crippen MR) is 70.3 cm³/mol. The van der Waals surface area contributed by atoms with Gasteiger partial charge in [-0.15, -0.1) is 11.3 Å². The van der Waals surface area contributed by atoms with E-state index in [2.05, 4.69) is 4.98 Å². The van der Waals surface area contributed by atoms with Gasteiger partial charge >= 0.3 is 0 Å². The lowest BCUT2D eigenvalue weighted by atomic mass is 10.1. The third-order valence-corrected chi connectivity index (χ3v) is 3.83. The van der Waals surface area contributed by atoms with Crippen molar-refractivity contribution in [1.29, 1.82) is 0 Å². The van der Waals surface area contributed by atoms with Crippen molar-refractivity contribution in [2.24, 2.45) is 5.73 Å². The number of rotatable bonds is 4. The smallest absolute Gasteiger partial charge is 0.222 e. The molecule has 18 heavy (non-hydrogen) atoms. The molecular weight excluding hydrogens is 250 g/mol.